The summed E-state index contributed by atoms with van der Waals surface area (Å²) in [6.45, 7) is 0. The number of aromatic nitrogens is 2. The van der Waals surface area contributed by atoms with Crippen molar-refractivity contribution in [2.24, 2.45) is 0 Å². The van der Waals surface area contributed by atoms with Crippen molar-refractivity contribution in [2.45, 2.75) is 6.18 Å². The Hall–Kier alpha value is -2.78. The third kappa shape index (κ3) is 3.90. The smallest absolute Gasteiger partial charge is 0.433 e. The van der Waals surface area contributed by atoms with Crippen LogP contribution in [0.1, 0.15) is 16.1 Å². The summed E-state index contributed by atoms with van der Waals surface area (Å²) in [6, 6.07) is 4.53. The van der Waals surface area contributed by atoms with Gasteiger partial charge in [-0.25, -0.2) is 4.98 Å². The topological polar surface area (TPSA) is 78.2 Å². The number of hydrogen-bond acceptors (Lipinski definition) is 4. The first-order valence-electron chi connectivity index (χ1n) is 7.55. The molecule has 3 aromatic rings. The molecule has 28 heavy (non-hydrogen) atoms. The molecule has 6 nitrogen and oxygen atoms in total. The molecule has 0 saturated carbocycles. The number of methoxy groups -OCH3 is 1. The molecule has 1 N–H and O–H groups in total. The highest BCUT2D eigenvalue weighted by Gasteiger charge is 2.32. The Morgan fingerprint density at radius 1 is 1.21 bits per heavy atom. The third-order valence-corrected chi connectivity index (χ3v) is 4.32. The van der Waals surface area contributed by atoms with Crippen LogP contribution in [0, 0.1) is 5.21 Å². The molecular formula is C17H10Cl2F3N3O3. The minimum Gasteiger partial charge on any atom is -0.619 e. The maximum absolute atomic E-state index is 12.9. The Labute approximate surface area is 166 Å². The fraction of sp³-hybridized carbons (Fsp3) is 0.118. The number of benzene rings is 1. The van der Waals surface area contributed by atoms with Crippen LogP contribution in [0.3, 0.4) is 0 Å². The molecule has 0 atom stereocenters. The Morgan fingerprint density at radius 3 is 2.43 bits per heavy atom. The van der Waals surface area contributed by atoms with Gasteiger partial charge in [0.25, 0.3) is 5.91 Å². The number of pyridine rings is 2. The lowest BCUT2D eigenvalue weighted by Crippen LogP contribution is -2.25. The summed E-state index contributed by atoms with van der Waals surface area (Å²) in [5.74, 6) is -0.593. The molecule has 0 aliphatic heterocycles. The van der Waals surface area contributed by atoms with Crippen LogP contribution in [-0.2, 0) is 6.18 Å². The van der Waals surface area contributed by atoms with E-state index in [0.29, 0.717) is 4.73 Å². The second kappa shape index (κ2) is 7.33. The fourth-order valence-electron chi connectivity index (χ4n) is 2.48. The molecule has 0 radical (unpaired) electrons. The summed E-state index contributed by atoms with van der Waals surface area (Å²) in [6.07, 6.45) is -2.66. The molecule has 0 fully saturated rings. The second-order valence-corrected chi connectivity index (χ2v) is 6.39. The number of fused-ring (bicyclic) bond motifs is 1. The molecule has 2 aromatic heterocycles. The number of carbonyl (C=O) groups is 1. The Morgan fingerprint density at radius 2 is 1.86 bits per heavy atom. The van der Waals surface area contributed by atoms with E-state index in [1.165, 1.54) is 19.2 Å². The lowest BCUT2D eigenvalue weighted by Gasteiger charge is -2.13. The molecule has 2 heterocycles. The SMILES string of the molecule is COc1cc(C(=O)Nc2c(Cl)c[n+]([O-])cc2Cl)c2ccc(C(F)(F)F)nc2c1. The number of nitrogens with one attached hydrogen (secondary N) is 1. The Balaban J connectivity index is 2.10. The van der Waals surface area contributed by atoms with Gasteiger partial charge in [0.2, 0.25) is 12.4 Å². The number of rotatable bonds is 3. The normalized spacial score (nSPS) is 11.5. The van der Waals surface area contributed by atoms with Crippen molar-refractivity contribution >= 4 is 45.7 Å². The van der Waals surface area contributed by atoms with Gasteiger partial charge in [-0.2, -0.15) is 17.9 Å². The summed E-state index contributed by atoms with van der Waals surface area (Å²) in [7, 11) is 1.30. The number of anilines is 1. The monoisotopic (exact) mass is 431 g/mol. The third-order valence-electron chi connectivity index (χ3n) is 3.75. The first-order chi connectivity index (χ1) is 13.1. The molecular weight excluding hydrogens is 422 g/mol. The zero-order chi connectivity index (χ0) is 20.6. The highest BCUT2D eigenvalue weighted by molar-refractivity contribution is 6.39. The molecule has 0 saturated heterocycles. The average molecular weight is 432 g/mol. The predicted molar refractivity (Wildman–Crippen MR) is 96.7 cm³/mol. The van der Waals surface area contributed by atoms with Crippen molar-refractivity contribution < 1.29 is 27.4 Å². The van der Waals surface area contributed by atoms with Gasteiger partial charge in [0, 0.05) is 11.5 Å². The van der Waals surface area contributed by atoms with E-state index in [1.54, 1.807) is 0 Å². The van der Waals surface area contributed by atoms with Gasteiger partial charge in [-0.1, -0.05) is 23.2 Å². The van der Waals surface area contributed by atoms with Gasteiger partial charge >= 0.3 is 6.18 Å². The van der Waals surface area contributed by atoms with E-state index < -0.39 is 17.8 Å². The molecule has 3 rings (SSSR count). The summed E-state index contributed by atoms with van der Waals surface area (Å²) in [5, 5.41) is 13.7. The average Bonchev–Trinajstić information content (AvgIpc) is 2.62. The van der Waals surface area contributed by atoms with Gasteiger partial charge in [0.1, 0.15) is 21.5 Å². The number of nitrogens with zero attached hydrogens (tertiary/aromatic N) is 2. The van der Waals surface area contributed by atoms with Crippen molar-refractivity contribution in [2.75, 3.05) is 12.4 Å². The van der Waals surface area contributed by atoms with Gasteiger partial charge < -0.3 is 15.3 Å². The van der Waals surface area contributed by atoms with Crippen molar-refractivity contribution in [3.63, 3.8) is 0 Å². The molecule has 0 aliphatic carbocycles. The van der Waals surface area contributed by atoms with Crippen LogP contribution < -0.4 is 14.8 Å². The largest absolute Gasteiger partial charge is 0.619 e. The van der Waals surface area contributed by atoms with E-state index in [2.05, 4.69) is 10.3 Å². The van der Waals surface area contributed by atoms with Crippen molar-refractivity contribution in [3.05, 3.63) is 63.2 Å². The Kier molecular flexibility index (Phi) is 5.22. The standard InChI is InChI=1S/C17H10Cl2F3N3O3/c1-28-8-4-10(9-2-3-14(17(20,21)22)23-13(9)5-8)16(26)24-15-11(18)6-25(27)7-12(15)19/h2-7H,1H3,(H,24,26). The summed E-state index contributed by atoms with van der Waals surface area (Å²) < 4.78 is 44.2. The first kappa shape index (κ1) is 20.0. The maximum Gasteiger partial charge on any atom is 0.433 e. The van der Waals surface area contributed by atoms with E-state index in [-0.39, 0.29) is 37.9 Å². The lowest BCUT2D eigenvalue weighted by atomic mass is 10.1. The van der Waals surface area contributed by atoms with Crippen LogP contribution in [0.2, 0.25) is 10.0 Å². The van der Waals surface area contributed by atoms with Gasteiger partial charge in [-0.15, -0.1) is 0 Å². The highest BCUT2D eigenvalue weighted by Crippen LogP contribution is 2.33. The van der Waals surface area contributed by atoms with Gasteiger partial charge in [-0.3, -0.25) is 4.79 Å². The van der Waals surface area contributed by atoms with Crippen LogP contribution >= 0.6 is 23.2 Å². The van der Waals surface area contributed by atoms with Crippen molar-refractivity contribution in [1.29, 1.82) is 0 Å². The molecule has 0 bridgehead atoms. The van der Waals surface area contributed by atoms with Crippen LogP contribution in [0.25, 0.3) is 10.9 Å². The van der Waals surface area contributed by atoms with E-state index in [4.69, 9.17) is 27.9 Å². The quantitative estimate of drug-likeness (QED) is 0.490. The van der Waals surface area contributed by atoms with Crippen LogP contribution in [-0.4, -0.2) is 18.0 Å². The van der Waals surface area contributed by atoms with Crippen LogP contribution in [0.4, 0.5) is 18.9 Å². The van der Waals surface area contributed by atoms with Crippen LogP contribution in [0.15, 0.2) is 36.7 Å². The number of hydrogen-bond donors (Lipinski definition) is 1. The van der Waals surface area contributed by atoms with Gasteiger partial charge in [-0.05, 0) is 18.2 Å². The minimum absolute atomic E-state index is 0.0124. The zero-order valence-corrected chi connectivity index (χ0v) is 15.5. The van der Waals surface area contributed by atoms with Gasteiger partial charge in [0.15, 0.2) is 0 Å². The predicted octanol–water partition coefficient (Wildman–Crippen LogP) is 4.45. The van der Waals surface area contributed by atoms with Gasteiger partial charge in [0.05, 0.1) is 23.9 Å². The highest BCUT2D eigenvalue weighted by atomic mass is 35.5. The molecule has 1 aromatic carbocycles. The molecule has 146 valence electrons. The molecule has 11 heteroatoms. The zero-order valence-electron chi connectivity index (χ0n) is 14.0. The summed E-state index contributed by atoms with van der Waals surface area (Å²) in [5.41, 5.74) is -1.21. The van der Waals surface area contributed by atoms with E-state index in [9.17, 15) is 23.2 Å². The second-order valence-electron chi connectivity index (χ2n) is 5.58. The number of halogens is 5. The summed E-state index contributed by atoms with van der Waals surface area (Å²) >= 11 is 11.9. The number of amides is 1. The fourth-order valence-corrected chi connectivity index (χ4v) is 3.02. The van der Waals surface area contributed by atoms with Crippen molar-refractivity contribution in [1.82, 2.24) is 4.98 Å². The lowest BCUT2D eigenvalue weighted by molar-refractivity contribution is -0.605. The molecule has 0 unspecified atom stereocenters. The molecule has 1 amide bonds. The maximum atomic E-state index is 12.9. The van der Waals surface area contributed by atoms with E-state index in [1.807, 2.05) is 0 Å². The minimum atomic E-state index is -4.64. The summed E-state index contributed by atoms with van der Waals surface area (Å²) in [4.78, 5) is 16.3. The number of carbonyl (C=O) groups excluding carboxylic acids is 1. The number of ether oxygens (including phenoxy) is 1. The molecule has 0 aliphatic rings. The van der Waals surface area contributed by atoms with Crippen molar-refractivity contribution in [3.8, 4) is 5.75 Å². The van der Waals surface area contributed by atoms with E-state index >= 15 is 0 Å². The number of alkyl halides is 3. The van der Waals surface area contributed by atoms with E-state index in [0.717, 1.165) is 24.5 Å². The first-order valence-corrected chi connectivity index (χ1v) is 8.31. The molecule has 0 spiro atoms. The Bertz CT molecular complexity index is 1070. The van der Waals surface area contributed by atoms with Crippen LogP contribution in [0.5, 0.6) is 5.75 Å².